The van der Waals surface area contributed by atoms with E-state index in [1.165, 1.54) is 4.90 Å². The number of para-hydroxylation sites is 3. The lowest BCUT2D eigenvalue weighted by Crippen LogP contribution is -2.46. The molecule has 2 amide bonds. The minimum absolute atomic E-state index is 0.115. The van der Waals surface area contributed by atoms with E-state index in [1.807, 2.05) is 73.7 Å². The van der Waals surface area contributed by atoms with Crippen LogP contribution in [0.4, 0.5) is 5.69 Å². The molecule has 1 atom stereocenters. The lowest BCUT2D eigenvalue weighted by Gasteiger charge is -2.32. The second kappa shape index (κ2) is 11.9. The van der Waals surface area contributed by atoms with E-state index in [0.717, 1.165) is 5.52 Å². The van der Waals surface area contributed by atoms with Crippen LogP contribution in [0.2, 0.25) is 0 Å². The van der Waals surface area contributed by atoms with Gasteiger partial charge >= 0.3 is 0 Å². The molecule has 9 nitrogen and oxygen atoms in total. The number of benzene rings is 3. The van der Waals surface area contributed by atoms with Gasteiger partial charge in [-0.2, -0.15) is 0 Å². The van der Waals surface area contributed by atoms with Crippen LogP contribution >= 0.6 is 0 Å². The number of nitrogens with one attached hydrogen (secondary N) is 1. The van der Waals surface area contributed by atoms with Crippen LogP contribution in [0.3, 0.4) is 0 Å². The van der Waals surface area contributed by atoms with E-state index in [4.69, 9.17) is 9.47 Å². The van der Waals surface area contributed by atoms with Crippen molar-refractivity contribution >= 4 is 28.5 Å². The van der Waals surface area contributed by atoms with Crippen molar-refractivity contribution in [2.24, 2.45) is 0 Å². The van der Waals surface area contributed by atoms with Gasteiger partial charge in [0.05, 0.1) is 24.4 Å². The molecule has 0 radical (unpaired) electrons. The van der Waals surface area contributed by atoms with Crippen LogP contribution in [0, 0.1) is 0 Å². The number of hydrogen-bond acceptors (Lipinski definition) is 6. The quantitative estimate of drug-likeness (QED) is 0.326. The third-order valence-electron chi connectivity index (χ3n) is 5.63. The van der Waals surface area contributed by atoms with Crippen molar-refractivity contribution in [3.8, 4) is 5.75 Å². The number of methoxy groups -OCH3 is 1. The molecule has 0 aliphatic rings. The fourth-order valence-electron chi connectivity index (χ4n) is 4.02. The molecule has 4 aromatic rings. The van der Waals surface area contributed by atoms with Crippen molar-refractivity contribution in [3.63, 3.8) is 0 Å². The standard InChI is InChI=1S/C27H29N5O4/c1-3-36-24-16-10-9-15-23(24)32(25(33)19-31-22-14-8-7-13-21(22)29-30-31)26(20-11-5-4-6-12-20)27(34)28-17-18-35-2/h4-16,26H,3,17-19H2,1-2H3,(H,28,34)/t26-/m1/s1. The Morgan fingerprint density at radius 2 is 1.72 bits per heavy atom. The minimum Gasteiger partial charge on any atom is -0.492 e. The first-order valence-electron chi connectivity index (χ1n) is 11.8. The Morgan fingerprint density at radius 1 is 1.00 bits per heavy atom. The zero-order valence-corrected chi connectivity index (χ0v) is 20.3. The third-order valence-corrected chi connectivity index (χ3v) is 5.63. The molecular formula is C27H29N5O4. The van der Waals surface area contributed by atoms with Crippen LogP contribution in [-0.2, 0) is 20.9 Å². The topological polar surface area (TPSA) is 98.6 Å². The number of fused-ring (bicyclic) bond motifs is 1. The van der Waals surface area contributed by atoms with Gasteiger partial charge in [-0.1, -0.05) is 59.8 Å². The normalized spacial score (nSPS) is 11.7. The van der Waals surface area contributed by atoms with Gasteiger partial charge in [-0.15, -0.1) is 5.10 Å². The molecular weight excluding hydrogens is 458 g/mol. The summed E-state index contributed by atoms with van der Waals surface area (Å²) in [7, 11) is 1.57. The van der Waals surface area contributed by atoms with E-state index in [0.29, 0.717) is 42.3 Å². The molecule has 1 aromatic heterocycles. The fourth-order valence-corrected chi connectivity index (χ4v) is 4.02. The first kappa shape index (κ1) is 24.9. The number of carbonyl (C=O) groups is 2. The van der Waals surface area contributed by atoms with Crippen LogP contribution < -0.4 is 15.0 Å². The smallest absolute Gasteiger partial charge is 0.249 e. The zero-order valence-electron chi connectivity index (χ0n) is 20.3. The number of hydrogen-bond donors (Lipinski definition) is 1. The Balaban J connectivity index is 1.80. The van der Waals surface area contributed by atoms with Gasteiger partial charge in [0, 0.05) is 13.7 Å². The monoisotopic (exact) mass is 487 g/mol. The van der Waals surface area contributed by atoms with Crippen molar-refractivity contribution in [1.82, 2.24) is 20.3 Å². The van der Waals surface area contributed by atoms with E-state index in [1.54, 1.807) is 23.9 Å². The summed E-state index contributed by atoms with van der Waals surface area (Å²) in [6.45, 7) is 2.82. The van der Waals surface area contributed by atoms with Crippen LogP contribution in [0.1, 0.15) is 18.5 Å². The summed E-state index contributed by atoms with van der Waals surface area (Å²) in [5.41, 5.74) is 2.56. The number of nitrogens with zero attached hydrogens (tertiary/aromatic N) is 4. The summed E-state index contributed by atoms with van der Waals surface area (Å²) in [6.07, 6.45) is 0. The second-order valence-corrected chi connectivity index (χ2v) is 8.00. The van der Waals surface area contributed by atoms with E-state index >= 15 is 0 Å². The number of anilines is 1. The van der Waals surface area contributed by atoms with E-state index in [-0.39, 0.29) is 18.4 Å². The lowest BCUT2D eigenvalue weighted by molar-refractivity contribution is -0.127. The minimum atomic E-state index is -0.952. The van der Waals surface area contributed by atoms with Crippen LogP contribution in [0.5, 0.6) is 5.75 Å². The van der Waals surface area contributed by atoms with Crippen molar-refractivity contribution in [3.05, 3.63) is 84.4 Å². The molecule has 3 aromatic carbocycles. The predicted molar refractivity (Wildman–Crippen MR) is 137 cm³/mol. The largest absolute Gasteiger partial charge is 0.492 e. The lowest BCUT2D eigenvalue weighted by atomic mass is 10.0. The Morgan fingerprint density at radius 3 is 2.50 bits per heavy atom. The Kier molecular flexibility index (Phi) is 8.25. The van der Waals surface area contributed by atoms with Gasteiger partial charge in [-0.3, -0.25) is 14.5 Å². The van der Waals surface area contributed by atoms with Gasteiger partial charge in [0.25, 0.3) is 0 Å². The molecule has 1 heterocycles. The van der Waals surface area contributed by atoms with Gasteiger partial charge in [-0.05, 0) is 36.8 Å². The van der Waals surface area contributed by atoms with E-state index < -0.39 is 6.04 Å². The highest BCUT2D eigenvalue weighted by Crippen LogP contribution is 2.35. The molecule has 0 bridgehead atoms. The molecule has 36 heavy (non-hydrogen) atoms. The maximum Gasteiger partial charge on any atom is 0.249 e. The number of amides is 2. The van der Waals surface area contributed by atoms with Gasteiger partial charge in [0.15, 0.2) is 0 Å². The van der Waals surface area contributed by atoms with Gasteiger partial charge in [-0.25, -0.2) is 4.68 Å². The molecule has 0 saturated carbocycles. The third kappa shape index (κ3) is 5.52. The molecule has 0 aliphatic carbocycles. The van der Waals surface area contributed by atoms with Crippen molar-refractivity contribution in [2.75, 3.05) is 31.8 Å². The Labute approximate surface area is 209 Å². The number of ether oxygens (including phenoxy) is 2. The van der Waals surface area contributed by atoms with Gasteiger partial charge < -0.3 is 14.8 Å². The summed E-state index contributed by atoms with van der Waals surface area (Å²) in [5.74, 6) is -0.169. The summed E-state index contributed by atoms with van der Waals surface area (Å²) in [4.78, 5) is 29.1. The first-order valence-corrected chi connectivity index (χ1v) is 11.8. The maximum atomic E-state index is 14.0. The number of rotatable bonds is 11. The van der Waals surface area contributed by atoms with Crippen molar-refractivity contribution < 1.29 is 19.1 Å². The molecule has 0 saturated heterocycles. The van der Waals surface area contributed by atoms with Gasteiger partial charge in [0.2, 0.25) is 11.8 Å². The Hall–Kier alpha value is -4.24. The Bertz CT molecular complexity index is 1310. The summed E-state index contributed by atoms with van der Waals surface area (Å²) in [6, 6.07) is 22.9. The first-order chi connectivity index (χ1) is 17.6. The highest BCUT2D eigenvalue weighted by molar-refractivity contribution is 6.02. The molecule has 0 spiro atoms. The molecule has 0 aliphatic heterocycles. The predicted octanol–water partition coefficient (Wildman–Crippen LogP) is 3.37. The summed E-state index contributed by atoms with van der Waals surface area (Å²) in [5, 5.41) is 11.2. The highest BCUT2D eigenvalue weighted by Gasteiger charge is 2.34. The van der Waals surface area contributed by atoms with E-state index in [2.05, 4.69) is 15.6 Å². The summed E-state index contributed by atoms with van der Waals surface area (Å²) < 4.78 is 12.5. The molecule has 186 valence electrons. The molecule has 1 N–H and O–H groups in total. The average molecular weight is 488 g/mol. The second-order valence-electron chi connectivity index (χ2n) is 8.00. The van der Waals surface area contributed by atoms with Crippen molar-refractivity contribution in [2.45, 2.75) is 19.5 Å². The summed E-state index contributed by atoms with van der Waals surface area (Å²) >= 11 is 0. The zero-order chi connectivity index (χ0) is 25.3. The molecule has 0 fully saturated rings. The number of aromatic nitrogens is 3. The maximum absolute atomic E-state index is 14.0. The fraction of sp³-hybridized carbons (Fsp3) is 0.259. The van der Waals surface area contributed by atoms with Crippen molar-refractivity contribution in [1.29, 1.82) is 0 Å². The van der Waals surface area contributed by atoms with Crippen LogP contribution in [0.15, 0.2) is 78.9 Å². The molecule has 4 rings (SSSR count). The molecule has 9 heteroatoms. The van der Waals surface area contributed by atoms with Crippen LogP contribution in [-0.4, -0.2) is 53.7 Å². The highest BCUT2D eigenvalue weighted by atomic mass is 16.5. The van der Waals surface area contributed by atoms with E-state index in [9.17, 15) is 9.59 Å². The number of carbonyl (C=O) groups excluding carboxylic acids is 2. The average Bonchev–Trinajstić information content (AvgIpc) is 3.31. The van der Waals surface area contributed by atoms with Crippen LogP contribution in [0.25, 0.3) is 11.0 Å². The SMILES string of the molecule is CCOc1ccccc1N(C(=O)Cn1nnc2ccccc21)[C@@H](C(=O)NCCOC)c1ccccc1. The molecule has 0 unspecified atom stereocenters. The van der Waals surface area contributed by atoms with Gasteiger partial charge in [0.1, 0.15) is 23.9 Å².